The fraction of sp³-hybridized carbons (Fsp3) is 0.318. The normalized spacial score (nSPS) is 10.6. The summed E-state index contributed by atoms with van der Waals surface area (Å²) in [5.74, 6) is 1.73. The maximum atomic E-state index is 4.84. The van der Waals surface area contributed by atoms with Gasteiger partial charge in [0.15, 0.2) is 0 Å². The summed E-state index contributed by atoms with van der Waals surface area (Å²) in [5, 5.41) is 0. The second kappa shape index (κ2) is 9.12. The molecule has 0 N–H and O–H groups in total. The van der Waals surface area contributed by atoms with Gasteiger partial charge in [-0.2, -0.15) is 4.98 Å². The third-order valence-corrected chi connectivity index (χ3v) is 4.69. The Bertz CT molecular complexity index is 832. The van der Waals surface area contributed by atoms with Crippen molar-refractivity contribution in [2.24, 2.45) is 0 Å². The summed E-state index contributed by atoms with van der Waals surface area (Å²) in [7, 11) is 2.09. The van der Waals surface area contributed by atoms with Gasteiger partial charge in [-0.3, -0.25) is 4.98 Å². The maximum Gasteiger partial charge on any atom is 0.227 e. The van der Waals surface area contributed by atoms with E-state index >= 15 is 0 Å². The summed E-state index contributed by atoms with van der Waals surface area (Å²) in [6, 6.07) is 16.5. The lowest BCUT2D eigenvalue weighted by atomic mass is 10.1. The number of benzene rings is 1. The van der Waals surface area contributed by atoms with E-state index in [0.717, 1.165) is 49.1 Å². The number of rotatable bonds is 8. The summed E-state index contributed by atoms with van der Waals surface area (Å²) in [6.45, 7) is 6.92. The number of pyridine rings is 1. The van der Waals surface area contributed by atoms with E-state index in [0.29, 0.717) is 0 Å². The third kappa shape index (κ3) is 4.82. The molecule has 2 heterocycles. The monoisotopic (exact) mass is 361 g/mol. The van der Waals surface area contributed by atoms with Crippen LogP contribution in [0.15, 0.2) is 60.9 Å². The van der Waals surface area contributed by atoms with Gasteiger partial charge in [-0.25, -0.2) is 4.98 Å². The Hall–Kier alpha value is -2.95. The molecular formula is C22H27N5. The number of hydrogen-bond acceptors (Lipinski definition) is 5. The van der Waals surface area contributed by atoms with Gasteiger partial charge in [0.1, 0.15) is 5.82 Å². The highest BCUT2D eigenvalue weighted by Gasteiger charge is 2.13. The first-order valence-corrected chi connectivity index (χ1v) is 9.50. The quantitative estimate of drug-likeness (QED) is 0.605. The molecule has 1 aromatic carbocycles. The van der Waals surface area contributed by atoms with Crippen molar-refractivity contribution in [3.63, 3.8) is 0 Å². The van der Waals surface area contributed by atoms with E-state index in [1.807, 2.05) is 30.6 Å². The molecule has 0 bridgehead atoms. The SMILES string of the molecule is CCN(CC)c1nc(-c2ccccc2)cc(N(C)CCc2ccncc2)n1. The Labute approximate surface area is 161 Å². The van der Waals surface area contributed by atoms with E-state index < -0.39 is 0 Å². The van der Waals surface area contributed by atoms with Crippen LogP contribution in [0, 0.1) is 0 Å². The van der Waals surface area contributed by atoms with Crippen molar-refractivity contribution in [3.8, 4) is 11.3 Å². The topological polar surface area (TPSA) is 45.2 Å². The van der Waals surface area contributed by atoms with Crippen LogP contribution in [0.2, 0.25) is 0 Å². The lowest BCUT2D eigenvalue weighted by Crippen LogP contribution is -2.27. The van der Waals surface area contributed by atoms with Crippen LogP contribution in [0.4, 0.5) is 11.8 Å². The number of anilines is 2. The first kappa shape index (κ1) is 18.8. The van der Waals surface area contributed by atoms with Crippen LogP contribution in [-0.2, 0) is 6.42 Å². The minimum Gasteiger partial charge on any atom is -0.359 e. The van der Waals surface area contributed by atoms with Crippen molar-refractivity contribution in [1.29, 1.82) is 0 Å². The van der Waals surface area contributed by atoms with Gasteiger partial charge in [0, 0.05) is 50.7 Å². The highest BCUT2D eigenvalue weighted by atomic mass is 15.3. The molecule has 0 saturated heterocycles. The van der Waals surface area contributed by atoms with Crippen LogP contribution in [0.5, 0.6) is 0 Å². The van der Waals surface area contributed by atoms with Crippen LogP contribution in [0.1, 0.15) is 19.4 Å². The molecule has 0 spiro atoms. The number of hydrogen-bond donors (Lipinski definition) is 0. The zero-order valence-electron chi connectivity index (χ0n) is 16.3. The number of nitrogens with zero attached hydrogens (tertiary/aromatic N) is 5. The maximum absolute atomic E-state index is 4.84. The molecule has 0 aliphatic heterocycles. The minimum atomic E-state index is 0.784. The van der Waals surface area contributed by atoms with Gasteiger partial charge < -0.3 is 9.80 Å². The molecule has 3 rings (SSSR count). The van der Waals surface area contributed by atoms with Crippen molar-refractivity contribution < 1.29 is 0 Å². The first-order chi connectivity index (χ1) is 13.2. The fourth-order valence-corrected chi connectivity index (χ4v) is 2.98. The smallest absolute Gasteiger partial charge is 0.227 e. The van der Waals surface area contributed by atoms with Gasteiger partial charge in [-0.15, -0.1) is 0 Å². The van der Waals surface area contributed by atoms with Gasteiger partial charge in [0.25, 0.3) is 0 Å². The van der Waals surface area contributed by atoms with Gasteiger partial charge in [-0.05, 0) is 38.0 Å². The summed E-state index contributed by atoms with van der Waals surface area (Å²) < 4.78 is 0. The molecule has 5 heteroatoms. The number of aromatic nitrogens is 3. The van der Waals surface area contributed by atoms with Gasteiger partial charge in [-0.1, -0.05) is 30.3 Å². The molecule has 0 aliphatic rings. The van der Waals surface area contributed by atoms with E-state index in [1.165, 1.54) is 5.56 Å². The molecule has 3 aromatic rings. The summed E-state index contributed by atoms with van der Waals surface area (Å²) in [4.78, 5) is 18.1. The summed E-state index contributed by atoms with van der Waals surface area (Å²) in [6.07, 6.45) is 4.63. The minimum absolute atomic E-state index is 0.784. The zero-order chi connectivity index (χ0) is 19.1. The summed E-state index contributed by atoms with van der Waals surface area (Å²) >= 11 is 0. The predicted molar refractivity (Wildman–Crippen MR) is 112 cm³/mol. The van der Waals surface area contributed by atoms with Gasteiger partial charge in [0.2, 0.25) is 5.95 Å². The van der Waals surface area contributed by atoms with Crippen LogP contribution in [-0.4, -0.2) is 41.6 Å². The Balaban J connectivity index is 1.89. The predicted octanol–water partition coefficient (Wildman–Crippen LogP) is 4.06. The standard InChI is InChI=1S/C22H27N5/c1-4-27(5-2)22-24-20(19-9-7-6-8-10-19)17-21(25-22)26(3)16-13-18-11-14-23-15-12-18/h6-12,14-15,17H,4-5,13,16H2,1-3H3. The van der Waals surface area contributed by atoms with E-state index in [9.17, 15) is 0 Å². The highest BCUT2D eigenvalue weighted by molar-refractivity contribution is 5.65. The molecule has 140 valence electrons. The average Bonchev–Trinajstić information content (AvgIpc) is 2.74. The van der Waals surface area contributed by atoms with Crippen molar-refractivity contribution >= 4 is 11.8 Å². The third-order valence-electron chi connectivity index (χ3n) is 4.69. The molecule has 0 amide bonds. The molecule has 2 aromatic heterocycles. The second-order valence-corrected chi connectivity index (χ2v) is 6.48. The molecule has 0 aliphatic carbocycles. The van der Waals surface area contributed by atoms with Gasteiger partial charge >= 0.3 is 0 Å². The van der Waals surface area contributed by atoms with E-state index in [2.05, 4.69) is 66.0 Å². The molecule has 27 heavy (non-hydrogen) atoms. The van der Waals surface area contributed by atoms with Crippen molar-refractivity contribution in [3.05, 3.63) is 66.5 Å². The van der Waals surface area contributed by atoms with E-state index in [1.54, 1.807) is 0 Å². The largest absolute Gasteiger partial charge is 0.359 e. The molecular weight excluding hydrogens is 334 g/mol. The lowest BCUT2D eigenvalue weighted by molar-refractivity contribution is 0.806. The van der Waals surface area contributed by atoms with E-state index in [4.69, 9.17) is 9.97 Å². The highest BCUT2D eigenvalue weighted by Crippen LogP contribution is 2.24. The van der Waals surface area contributed by atoms with Crippen LogP contribution >= 0.6 is 0 Å². The van der Waals surface area contributed by atoms with Gasteiger partial charge in [0.05, 0.1) is 5.69 Å². The molecule has 0 fully saturated rings. The Morgan fingerprint density at radius 2 is 1.59 bits per heavy atom. The summed E-state index contributed by atoms with van der Waals surface area (Å²) in [5.41, 5.74) is 3.34. The van der Waals surface area contributed by atoms with Crippen molar-refractivity contribution in [2.45, 2.75) is 20.3 Å². The van der Waals surface area contributed by atoms with E-state index in [-0.39, 0.29) is 0 Å². The molecule has 5 nitrogen and oxygen atoms in total. The molecule has 0 atom stereocenters. The fourth-order valence-electron chi connectivity index (χ4n) is 2.98. The zero-order valence-corrected chi connectivity index (χ0v) is 16.3. The Morgan fingerprint density at radius 3 is 2.26 bits per heavy atom. The van der Waals surface area contributed by atoms with Crippen LogP contribution < -0.4 is 9.80 Å². The van der Waals surface area contributed by atoms with Crippen LogP contribution in [0.3, 0.4) is 0 Å². The number of likely N-dealkylation sites (N-methyl/N-ethyl adjacent to an activating group) is 1. The van der Waals surface area contributed by atoms with Crippen molar-refractivity contribution in [2.75, 3.05) is 36.5 Å². The lowest BCUT2D eigenvalue weighted by Gasteiger charge is -2.24. The Morgan fingerprint density at radius 1 is 0.889 bits per heavy atom. The molecule has 0 saturated carbocycles. The second-order valence-electron chi connectivity index (χ2n) is 6.48. The van der Waals surface area contributed by atoms with Crippen LogP contribution in [0.25, 0.3) is 11.3 Å². The average molecular weight is 361 g/mol. The molecule has 0 unspecified atom stereocenters. The first-order valence-electron chi connectivity index (χ1n) is 9.50. The van der Waals surface area contributed by atoms with Crippen molar-refractivity contribution in [1.82, 2.24) is 15.0 Å². The Kier molecular flexibility index (Phi) is 6.36. The molecule has 0 radical (unpaired) electrons.